The van der Waals surface area contributed by atoms with Crippen molar-refractivity contribution in [3.63, 3.8) is 0 Å². The summed E-state index contributed by atoms with van der Waals surface area (Å²) < 4.78 is 0. The number of thiazole rings is 1. The molecule has 0 aliphatic rings. The zero-order valence-corrected chi connectivity index (χ0v) is 9.80. The first-order chi connectivity index (χ1) is 7.52. The number of aliphatic carboxylic acids is 1. The summed E-state index contributed by atoms with van der Waals surface area (Å²) in [5.41, 5.74) is 0. The van der Waals surface area contributed by atoms with E-state index in [1.807, 2.05) is 6.92 Å². The molecule has 0 aliphatic carbocycles. The normalized spacial score (nSPS) is 11.9. The molecule has 1 aromatic rings. The summed E-state index contributed by atoms with van der Waals surface area (Å²) in [6, 6.07) is -1.43. The lowest BCUT2D eigenvalue weighted by Crippen LogP contribution is -2.42. The Kier molecular flexibility index (Phi) is 4.24. The van der Waals surface area contributed by atoms with Crippen molar-refractivity contribution in [3.05, 3.63) is 11.1 Å². The van der Waals surface area contributed by atoms with Crippen LogP contribution in [0.15, 0.2) is 6.20 Å². The van der Waals surface area contributed by atoms with E-state index in [0.717, 1.165) is 4.88 Å². The topological polar surface area (TPSA) is 91.3 Å². The minimum atomic E-state index is -1.05. The van der Waals surface area contributed by atoms with E-state index in [-0.39, 0.29) is 0 Å². The Hall–Kier alpha value is -1.63. The SMILES string of the molecule is CC[C@@H](NC(=O)Nc1ncc(C)s1)C(=O)O. The van der Waals surface area contributed by atoms with Crippen LogP contribution in [0, 0.1) is 6.92 Å². The van der Waals surface area contributed by atoms with Crippen LogP contribution in [-0.2, 0) is 4.79 Å². The van der Waals surface area contributed by atoms with Gasteiger partial charge in [-0.15, -0.1) is 11.3 Å². The number of aromatic nitrogens is 1. The maximum atomic E-state index is 11.4. The number of carbonyl (C=O) groups excluding carboxylic acids is 1. The van der Waals surface area contributed by atoms with E-state index in [9.17, 15) is 9.59 Å². The molecule has 2 amide bonds. The van der Waals surface area contributed by atoms with Gasteiger partial charge in [0, 0.05) is 11.1 Å². The van der Waals surface area contributed by atoms with Crippen molar-refractivity contribution in [3.8, 4) is 0 Å². The van der Waals surface area contributed by atoms with Gasteiger partial charge in [-0.1, -0.05) is 6.92 Å². The van der Waals surface area contributed by atoms with E-state index in [4.69, 9.17) is 5.11 Å². The lowest BCUT2D eigenvalue weighted by molar-refractivity contribution is -0.139. The van der Waals surface area contributed by atoms with Gasteiger partial charge in [0.15, 0.2) is 5.13 Å². The summed E-state index contributed by atoms with van der Waals surface area (Å²) >= 11 is 1.33. The minimum absolute atomic E-state index is 0.333. The summed E-state index contributed by atoms with van der Waals surface area (Å²) in [6.07, 6.45) is 1.97. The van der Waals surface area contributed by atoms with Crippen molar-refractivity contribution in [1.82, 2.24) is 10.3 Å². The van der Waals surface area contributed by atoms with E-state index in [0.29, 0.717) is 11.6 Å². The number of nitrogens with one attached hydrogen (secondary N) is 2. The summed E-state index contributed by atoms with van der Waals surface area (Å²) in [7, 11) is 0. The van der Waals surface area contributed by atoms with Crippen LogP contribution in [0.5, 0.6) is 0 Å². The monoisotopic (exact) mass is 243 g/mol. The highest BCUT2D eigenvalue weighted by Gasteiger charge is 2.17. The summed E-state index contributed by atoms with van der Waals surface area (Å²) in [5.74, 6) is -1.05. The molecular weight excluding hydrogens is 230 g/mol. The van der Waals surface area contributed by atoms with Crippen molar-refractivity contribution in [1.29, 1.82) is 0 Å². The first kappa shape index (κ1) is 12.4. The van der Waals surface area contributed by atoms with Gasteiger partial charge in [-0.25, -0.2) is 14.6 Å². The van der Waals surface area contributed by atoms with Crippen molar-refractivity contribution in [2.75, 3.05) is 5.32 Å². The Balaban J connectivity index is 2.50. The second-order valence-corrected chi connectivity index (χ2v) is 4.41. The number of hydrogen-bond acceptors (Lipinski definition) is 4. The fraction of sp³-hybridized carbons (Fsp3) is 0.444. The molecule has 0 saturated heterocycles. The molecule has 1 rings (SSSR count). The molecule has 7 heteroatoms. The van der Waals surface area contributed by atoms with E-state index < -0.39 is 18.0 Å². The Labute approximate surface area is 96.7 Å². The lowest BCUT2D eigenvalue weighted by atomic mass is 10.2. The maximum Gasteiger partial charge on any atom is 0.326 e. The summed E-state index contributed by atoms with van der Waals surface area (Å²) in [4.78, 5) is 26.9. The number of hydrogen-bond donors (Lipinski definition) is 3. The van der Waals surface area contributed by atoms with E-state index in [1.165, 1.54) is 11.3 Å². The van der Waals surface area contributed by atoms with E-state index >= 15 is 0 Å². The molecule has 0 radical (unpaired) electrons. The molecule has 0 fully saturated rings. The maximum absolute atomic E-state index is 11.4. The highest BCUT2D eigenvalue weighted by Crippen LogP contribution is 2.16. The zero-order valence-electron chi connectivity index (χ0n) is 8.98. The molecular formula is C9H13N3O3S. The van der Waals surface area contributed by atoms with E-state index in [2.05, 4.69) is 15.6 Å². The van der Waals surface area contributed by atoms with Crippen molar-refractivity contribution < 1.29 is 14.7 Å². The quantitative estimate of drug-likeness (QED) is 0.746. The van der Waals surface area contributed by atoms with Gasteiger partial charge in [0.25, 0.3) is 0 Å². The number of urea groups is 1. The predicted molar refractivity (Wildman–Crippen MR) is 60.7 cm³/mol. The fourth-order valence-corrected chi connectivity index (χ4v) is 1.70. The number of carboxylic acids is 1. The van der Waals surface area contributed by atoms with Crippen molar-refractivity contribution in [2.24, 2.45) is 0 Å². The number of nitrogens with zero attached hydrogens (tertiary/aromatic N) is 1. The van der Waals surface area contributed by atoms with Crippen molar-refractivity contribution in [2.45, 2.75) is 26.3 Å². The predicted octanol–water partition coefficient (Wildman–Crippen LogP) is 1.44. The first-order valence-electron chi connectivity index (χ1n) is 4.75. The minimum Gasteiger partial charge on any atom is -0.480 e. The van der Waals surface area contributed by atoms with Crippen LogP contribution in [0.25, 0.3) is 0 Å². The van der Waals surface area contributed by atoms with Gasteiger partial charge >= 0.3 is 12.0 Å². The average Bonchev–Trinajstić information content (AvgIpc) is 2.60. The molecule has 3 N–H and O–H groups in total. The van der Waals surface area contributed by atoms with Crippen LogP contribution in [0.2, 0.25) is 0 Å². The smallest absolute Gasteiger partial charge is 0.326 e. The third kappa shape index (κ3) is 3.50. The van der Waals surface area contributed by atoms with Crippen LogP contribution in [0.4, 0.5) is 9.93 Å². The number of rotatable bonds is 4. The number of carbonyl (C=O) groups is 2. The molecule has 88 valence electrons. The van der Waals surface area contributed by atoms with Gasteiger partial charge in [-0.05, 0) is 13.3 Å². The van der Waals surface area contributed by atoms with Gasteiger partial charge in [0.1, 0.15) is 6.04 Å². The van der Waals surface area contributed by atoms with Crippen LogP contribution in [-0.4, -0.2) is 28.1 Å². The van der Waals surface area contributed by atoms with Gasteiger partial charge < -0.3 is 10.4 Å². The standard InChI is InChI=1S/C9H13N3O3S/c1-3-6(7(13)14)11-8(15)12-9-10-4-5(2)16-9/h4,6H,3H2,1-2H3,(H,13,14)(H2,10,11,12,15)/t6-/m1/s1. The van der Waals surface area contributed by atoms with Crippen LogP contribution in [0.3, 0.4) is 0 Å². The Morgan fingerprint density at radius 3 is 2.75 bits per heavy atom. The highest BCUT2D eigenvalue weighted by molar-refractivity contribution is 7.15. The molecule has 0 aliphatic heterocycles. The molecule has 0 unspecified atom stereocenters. The van der Waals surface area contributed by atoms with E-state index in [1.54, 1.807) is 13.1 Å². The summed E-state index contributed by atoms with van der Waals surface area (Å²) in [6.45, 7) is 3.56. The molecule has 0 bridgehead atoms. The Bertz CT molecular complexity index is 391. The average molecular weight is 243 g/mol. The highest BCUT2D eigenvalue weighted by atomic mass is 32.1. The third-order valence-electron chi connectivity index (χ3n) is 1.85. The largest absolute Gasteiger partial charge is 0.480 e. The molecule has 0 aromatic carbocycles. The van der Waals surface area contributed by atoms with Gasteiger partial charge in [0.05, 0.1) is 0 Å². The second-order valence-electron chi connectivity index (χ2n) is 3.17. The molecule has 0 saturated carbocycles. The molecule has 6 nitrogen and oxygen atoms in total. The summed E-state index contributed by atoms with van der Waals surface area (Å²) in [5, 5.41) is 14.0. The zero-order chi connectivity index (χ0) is 12.1. The molecule has 16 heavy (non-hydrogen) atoms. The number of anilines is 1. The van der Waals surface area contributed by atoms with Gasteiger partial charge in [0.2, 0.25) is 0 Å². The Morgan fingerprint density at radius 1 is 1.62 bits per heavy atom. The van der Waals surface area contributed by atoms with Crippen molar-refractivity contribution >= 4 is 28.5 Å². The fourth-order valence-electron chi connectivity index (χ4n) is 1.04. The molecule has 1 atom stereocenters. The molecule has 0 spiro atoms. The van der Waals surface area contributed by atoms with Crippen LogP contribution >= 0.6 is 11.3 Å². The first-order valence-corrected chi connectivity index (χ1v) is 5.57. The third-order valence-corrected chi connectivity index (χ3v) is 2.68. The number of aryl methyl sites for hydroxylation is 1. The Morgan fingerprint density at radius 2 is 2.31 bits per heavy atom. The lowest BCUT2D eigenvalue weighted by Gasteiger charge is -2.11. The molecule has 1 heterocycles. The van der Waals surface area contributed by atoms with Crippen LogP contribution < -0.4 is 10.6 Å². The number of carboxylic acid groups (broad SMARTS) is 1. The van der Waals surface area contributed by atoms with Gasteiger partial charge in [-0.2, -0.15) is 0 Å². The van der Waals surface area contributed by atoms with Crippen LogP contribution in [0.1, 0.15) is 18.2 Å². The second kappa shape index (κ2) is 5.45. The molecule has 1 aromatic heterocycles. The van der Waals surface area contributed by atoms with Gasteiger partial charge in [-0.3, -0.25) is 5.32 Å². The number of amides is 2.